The number of hydrogen-bond acceptors (Lipinski definition) is 6. The number of esters is 3. The van der Waals surface area contributed by atoms with Gasteiger partial charge < -0.3 is 14.2 Å². The van der Waals surface area contributed by atoms with Gasteiger partial charge in [0.05, 0.1) is 0 Å². The molecule has 0 aromatic rings. The van der Waals surface area contributed by atoms with Crippen molar-refractivity contribution in [3.05, 3.63) is 0 Å². The fourth-order valence-corrected chi connectivity index (χ4v) is 6.22. The minimum atomic E-state index is -0.758. The monoisotopic (exact) mass is 695 g/mol. The largest absolute Gasteiger partial charge is 0.462 e. The molecule has 0 N–H and O–H groups in total. The molecule has 6 heteroatoms. The van der Waals surface area contributed by atoms with Crippen molar-refractivity contribution in [3.63, 3.8) is 0 Å². The van der Waals surface area contributed by atoms with E-state index >= 15 is 0 Å². The summed E-state index contributed by atoms with van der Waals surface area (Å²) in [6.07, 6.45) is 32.6. The van der Waals surface area contributed by atoms with E-state index in [9.17, 15) is 14.4 Å². The summed E-state index contributed by atoms with van der Waals surface area (Å²) in [5.41, 5.74) is 0. The molecule has 0 unspecified atom stereocenters. The Labute approximate surface area is 304 Å². The van der Waals surface area contributed by atoms with Crippen LogP contribution in [0.5, 0.6) is 0 Å². The molecule has 0 aliphatic heterocycles. The third kappa shape index (κ3) is 37.5. The van der Waals surface area contributed by atoms with E-state index < -0.39 is 6.10 Å². The van der Waals surface area contributed by atoms with Gasteiger partial charge in [-0.2, -0.15) is 0 Å². The van der Waals surface area contributed by atoms with Crippen molar-refractivity contribution < 1.29 is 28.6 Å². The van der Waals surface area contributed by atoms with E-state index in [1.54, 1.807) is 0 Å². The molecule has 0 aromatic heterocycles. The van der Waals surface area contributed by atoms with E-state index in [-0.39, 0.29) is 31.1 Å². The normalized spacial score (nSPS) is 12.1. The van der Waals surface area contributed by atoms with Crippen molar-refractivity contribution in [3.8, 4) is 0 Å². The standard InChI is InChI=1S/C43H82O6/c1-6-7-8-21-28-33-41(44)47-36-40(37-48-42(45)34-29-24-19-16-15-18-23-27-32-39(4)5)49-43(46)35-30-25-20-14-12-10-9-11-13-17-22-26-31-38(2)3/h38-40H,6-37H2,1-5H3/t40-/m1/s1. The summed E-state index contributed by atoms with van der Waals surface area (Å²) < 4.78 is 16.6. The summed E-state index contributed by atoms with van der Waals surface area (Å²) in [5.74, 6) is 0.752. The molecule has 0 aliphatic rings. The average molecular weight is 695 g/mol. The van der Waals surface area contributed by atoms with Gasteiger partial charge in [-0.1, -0.05) is 189 Å². The minimum absolute atomic E-state index is 0.0668. The molecular formula is C43H82O6. The number of rotatable bonds is 37. The van der Waals surface area contributed by atoms with E-state index in [0.29, 0.717) is 19.3 Å². The Bertz CT molecular complexity index is 749. The maximum atomic E-state index is 12.6. The lowest BCUT2D eigenvalue weighted by molar-refractivity contribution is -0.167. The zero-order chi connectivity index (χ0) is 36.2. The van der Waals surface area contributed by atoms with Crippen LogP contribution in [0.4, 0.5) is 0 Å². The topological polar surface area (TPSA) is 78.9 Å². The van der Waals surface area contributed by atoms with Crippen LogP contribution in [-0.4, -0.2) is 37.2 Å². The lowest BCUT2D eigenvalue weighted by Gasteiger charge is -2.18. The molecule has 0 aliphatic carbocycles. The van der Waals surface area contributed by atoms with E-state index in [2.05, 4.69) is 34.6 Å². The van der Waals surface area contributed by atoms with E-state index in [1.165, 1.54) is 109 Å². The number of carbonyl (C=O) groups is 3. The molecule has 0 bridgehead atoms. The molecular weight excluding hydrogens is 612 g/mol. The fraction of sp³-hybridized carbons (Fsp3) is 0.930. The van der Waals surface area contributed by atoms with Crippen LogP contribution in [0.3, 0.4) is 0 Å². The van der Waals surface area contributed by atoms with Gasteiger partial charge in [0.1, 0.15) is 13.2 Å². The lowest BCUT2D eigenvalue weighted by atomic mass is 10.0. The summed E-state index contributed by atoms with van der Waals surface area (Å²) in [5, 5.41) is 0. The molecule has 49 heavy (non-hydrogen) atoms. The molecule has 0 amide bonds. The third-order valence-electron chi connectivity index (χ3n) is 9.47. The highest BCUT2D eigenvalue weighted by Crippen LogP contribution is 2.16. The Balaban J connectivity index is 4.22. The van der Waals surface area contributed by atoms with Gasteiger partial charge in [-0.15, -0.1) is 0 Å². The second kappa shape index (κ2) is 36.2. The molecule has 290 valence electrons. The van der Waals surface area contributed by atoms with Crippen molar-refractivity contribution in [1.29, 1.82) is 0 Å². The predicted octanol–water partition coefficient (Wildman–Crippen LogP) is 13.0. The summed E-state index contributed by atoms with van der Waals surface area (Å²) in [6.45, 7) is 11.2. The van der Waals surface area contributed by atoms with Gasteiger partial charge in [0.2, 0.25) is 0 Å². The van der Waals surface area contributed by atoms with Crippen LogP contribution in [0.1, 0.15) is 227 Å². The van der Waals surface area contributed by atoms with Crippen LogP contribution in [0.2, 0.25) is 0 Å². The molecule has 1 atom stereocenters. The number of hydrogen-bond donors (Lipinski definition) is 0. The first-order valence-electron chi connectivity index (χ1n) is 21.2. The molecule has 0 rings (SSSR count). The van der Waals surface area contributed by atoms with Crippen LogP contribution in [-0.2, 0) is 28.6 Å². The first kappa shape index (κ1) is 47.4. The summed E-state index contributed by atoms with van der Waals surface area (Å²) in [7, 11) is 0. The average Bonchev–Trinajstić information content (AvgIpc) is 3.06. The summed E-state index contributed by atoms with van der Waals surface area (Å²) in [4.78, 5) is 37.3. The Morgan fingerprint density at radius 2 is 0.673 bits per heavy atom. The van der Waals surface area contributed by atoms with E-state index in [4.69, 9.17) is 14.2 Å². The van der Waals surface area contributed by atoms with Gasteiger partial charge in [0.15, 0.2) is 6.10 Å². The van der Waals surface area contributed by atoms with Crippen molar-refractivity contribution >= 4 is 17.9 Å². The van der Waals surface area contributed by atoms with Gasteiger partial charge in [-0.25, -0.2) is 0 Å². The van der Waals surface area contributed by atoms with Crippen molar-refractivity contribution in [1.82, 2.24) is 0 Å². The number of ether oxygens (including phenoxy) is 3. The maximum Gasteiger partial charge on any atom is 0.306 e. The predicted molar refractivity (Wildman–Crippen MR) is 206 cm³/mol. The van der Waals surface area contributed by atoms with Gasteiger partial charge in [0, 0.05) is 19.3 Å². The first-order chi connectivity index (χ1) is 23.7. The Kier molecular flexibility index (Phi) is 35.0. The minimum Gasteiger partial charge on any atom is -0.462 e. The molecule has 0 saturated heterocycles. The second-order valence-corrected chi connectivity index (χ2v) is 15.6. The van der Waals surface area contributed by atoms with Crippen molar-refractivity contribution in [2.75, 3.05) is 13.2 Å². The highest BCUT2D eigenvalue weighted by Gasteiger charge is 2.19. The van der Waals surface area contributed by atoms with Crippen LogP contribution in [0.15, 0.2) is 0 Å². The third-order valence-corrected chi connectivity index (χ3v) is 9.47. The second-order valence-electron chi connectivity index (χ2n) is 15.6. The Hall–Kier alpha value is -1.59. The van der Waals surface area contributed by atoms with Crippen LogP contribution in [0.25, 0.3) is 0 Å². The van der Waals surface area contributed by atoms with Gasteiger partial charge in [-0.3, -0.25) is 14.4 Å². The maximum absolute atomic E-state index is 12.6. The van der Waals surface area contributed by atoms with E-state index in [1.807, 2.05) is 0 Å². The summed E-state index contributed by atoms with van der Waals surface area (Å²) >= 11 is 0. The quantitative estimate of drug-likeness (QED) is 0.0366. The molecule has 0 fully saturated rings. The smallest absolute Gasteiger partial charge is 0.306 e. The molecule has 0 heterocycles. The first-order valence-corrected chi connectivity index (χ1v) is 21.2. The highest BCUT2D eigenvalue weighted by molar-refractivity contribution is 5.71. The molecule has 0 spiro atoms. The van der Waals surface area contributed by atoms with Crippen LogP contribution < -0.4 is 0 Å². The molecule has 0 radical (unpaired) electrons. The summed E-state index contributed by atoms with van der Waals surface area (Å²) in [6, 6.07) is 0. The Morgan fingerprint density at radius 1 is 0.388 bits per heavy atom. The molecule has 6 nitrogen and oxygen atoms in total. The number of unbranched alkanes of at least 4 members (excludes halogenated alkanes) is 22. The molecule has 0 aromatic carbocycles. The van der Waals surface area contributed by atoms with Gasteiger partial charge >= 0.3 is 17.9 Å². The van der Waals surface area contributed by atoms with Crippen LogP contribution >= 0.6 is 0 Å². The zero-order valence-electron chi connectivity index (χ0n) is 33.3. The van der Waals surface area contributed by atoms with Gasteiger partial charge in [0.25, 0.3) is 0 Å². The highest BCUT2D eigenvalue weighted by atomic mass is 16.6. The van der Waals surface area contributed by atoms with Crippen LogP contribution in [0, 0.1) is 11.8 Å². The van der Waals surface area contributed by atoms with Crippen molar-refractivity contribution in [2.45, 2.75) is 233 Å². The Morgan fingerprint density at radius 3 is 1.00 bits per heavy atom. The van der Waals surface area contributed by atoms with Crippen molar-refractivity contribution in [2.24, 2.45) is 11.8 Å². The van der Waals surface area contributed by atoms with Gasteiger partial charge in [-0.05, 0) is 31.1 Å². The zero-order valence-corrected chi connectivity index (χ0v) is 33.3. The van der Waals surface area contributed by atoms with E-state index in [0.717, 1.165) is 76.0 Å². The number of carbonyl (C=O) groups excluding carboxylic acids is 3. The lowest BCUT2D eigenvalue weighted by Crippen LogP contribution is -2.30. The fourth-order valence-electron chi connectivity index (χ4n) is 6.22. The molecule has 0 saturated carbocycles. The SMILES string of the molecule is CCCCCCCC(=O)OC[C@H](COC(=O)CCCCCCCCCCC(C)C)OC(=O)CCCCCCCCCCCCCCC(C)C.